The van der Waals surface area contributed by atoms with E-state index in [1.807, 2.05) is 71.9 Å². The van der Waals surface area contributed by atoms with Crippen molar-refractivity contribution in [1.82, 2.24) is 0 Å². The summed E-state index contributed by atoms with van der Waals surface area (Å²) in [7, 11) is 0. The van der Waals surface area contributed by atoms with E-state index >= 15 is 0 Å². The zero-order valence-electron chi connectivity index (χ0n) is 11.0. The minimum absolute atomic E-state index is 0.892. The fraction of sp³-hybridized carbons (Fsp3) is 0.125. The van der Waals surface area contributed by atoms with Gasteiger partial charge in [-0.1, -0.05) is 36.4 Å². The molecule has 100 valence electrons. The van der Waals surface area contributed by atoms with Crippen LogP contribution in [-0.4, -0.2) is 23.6 Å². The molecule has 3 nitrogen and oxygen atoms in total. The van der Waals surface area contributed by atoms with Crippen LogP contribution in [0.3, 0.4) is 0 Å². The van der Waals surface area contributed by atoms with Crippen LogP contribution < -0.4 is 5.01 Å². The fourth-order valence-electron chi connectivity index (χ4n) is 1.96. The molecule has 1 heterocycles. The molecule has 1 aliphatic rings. The maximum atomic E-state index is 4.60. The van der Waals surface area contributed by atoms with E-state index < -0.39 is 0 Å². The van der Waals surface area contributed by atoms with E-state index in [0.717, 1.165) is 28.7 Å². The summed E-state index contributed by atoms with van der Waals surface area (Å²) in [5.74, 6) is 1.05. The molecule has 0 saturated carbocycles. The first kappa shape index (κ1) is 12.9. The number of benzene rings is 2. The Kier molecular flexibility index (Phi) is 4.13. The maximum absolute atomic E-state index is 4.60. The van der Waals surface area contributed by atoms with Gasteiger partial charge in [-0.3, -0.25) is 4.99 Å². The highest BCUT2D eigenvalue weighted by molar-refractivity contribution is 8.15. The zero-order chi connectivity index (χ0) is 13.6. The van der Waals surface area contributed by atoms with Crippen molar-refractivity contribution in [3.05, 3.63) is 60.7 Å². The molecule has 0 unspecified atom stereocenters. The molecule has 0 aliphatic carbocycles. The molecule has 0 fully saturated rings. The van der Waals surface area contributed by atoms with Crippen LogP contribution in [0, 0.1) is 0 Å². The molecule has 1 aliphatic heterocycles. The molecule has 20 heavy (non-hydrogen) atoms. The largest absolute Gasteiger partial charge is 0.276 e. The average molecular weight is 281 g/mol. The second kappa shape index (κ2) is 6.39. The first-order valence-electron chi connectivity index (χ1n) is 6.55. The smallest absolute Gasteiger partial charge is 0.111 e. The monoisotopic (exact) mass is 281 g/mol. The number of aliphatic imine (C=N–C) groups is 1. The van der Waals surface area contributed by atoms with Crippen LogP contribution in [0.25, 0.3) is 0 Å². The first-order chi connectivity index (χ1) is 9.93. The van der Waals surface area contributed by atoms with Gasteiger partial charge in [0.15, 0.2) is 0 Å². The van der Waals surface area contributed by atoms with E-state index in [2.05, 4.69) is 10.1 Å². The van der Waals surface area contributed by atoms with Crippen LogP contribution in [0.2, 0.25) is 0 Å². The van der Waals surface area contributed by atoms with Gasteiger partial charge >= 0.3 is 0 Å². The summed E-state index contributed by atoms with van der Waals surface area (Å²) < 4.78 is 0. The van der Waals surface area contributed by atoms with Gasteiger partial charge in [0.05, 0.1) is 17.6 Å². The number of para-hydroxylation sites is 2. The second-order valence-corrected chi connectivity index (χ2v) is 5.41. The summed E-state index contributed by atoms with van der Waals surface area (Å²) >= 11 is 1.75. The van der Waals surface area contributed by atoms with Gasteiger partial charge in [-0.2, -0.15) is 5.10 Å². The zero-order valence-corrected chi connectivity index (χ0v) is 11.8. The SMILES string of the molecule is C(=N\N(c1ccccc1)c1ccccc1)/C1=NCCS1. The lowest BCUT2D eigenvalue weighted by atomic mass is 10.2. The lowest BCUT2D eigenvalue weighted by Crippen LogP contribution is -2.10. The molecule has 0 atom stereocenters. The van der Waals surface area contributed by atoms with Crippen LogP contribution in [0.4, 0.5) is 11.4 Å². The fourth-order valence-corrected chi connectivity index (χ4v) is 2.65. The minimum atomic E-state index is 0.892. The van der Waals surface area contributed by atoms with E-state index in [0.29, 0.717) is 0 Å². The molecular weight excluding hydrogens is 266 g/mol. The molecule has 0 bridgehead atoms. The number of thioether (sulfide) groups is 1. The highest BCUT2D eigenvalue weighted by atomic mass is 32.2. The predicted octanol–water partition coefficient (Wildman–Crippen LogP) is 3.96. The number of hydrogen-bond donors (Lipinski definition) is 0. The molecule has 0 spiro atoms. The molecule has 0 amide bonds. The number of hydrogen-bond acceptors (Lipinski definition) is 4. The van der Waals surface area contributed by atoms with Gasteiger partial charge in [0.1, 0.15) is 5.04 Å². The Morgan fingerprint density at radius 1 is 0.950 bits per heavy atom. The maximum Gasteiger partial charge on any atom is 0.111 e. The Hall–Kier alpha value is -2.07. The van der Waals surface area contributed by atoms with E-state index in [1.165, 1.54) is 0 Å². The summed E-state index contributed by atoms with van der Waals surface area (Å²) in [6.45, 7) is 0.892. The third-order valence-corrected chi connectivity index (χ3v) is 3.81. The van der Waals surface area contributed by atoms with Crippen molar-refractivity contribution in [1.29, 1.82) is 0 Å². The number of hydrazone groups is 1. The van der Waals surface area contributed by atoms with E-state index in [4.69, 9.17) is 0 Å². The van der Waals surface area contributed by atoms with Crippen molar-refractivity contribution in [2.45, 2.75) is 0 Å². The number of anilines is 2. The summed E-state index contributed by atoms with van der Waals surface area (Å²) in [5, 5.41) is 7.54. The summed E-state index contributed by atoms with van der Waals surface area (Å²) in [5.41, 5.74) is 2.08. The van der Waals surface area contributed by atoms with Crippen LogP contribution in [0.15, 0.2) is 70.8 Å². The molecule has 2 aromatic carbocycles. The average Bonchev–Trinajstić information content (AvgIpc) is 3.03. The molecule has 3 rings (SSSR count). The molecule has 0 aromatic heterocycles. The van der Waals surface area contributed by atoms with Crippen molar-refractivity contribution in [3.63, 3.8) is 0 Å². The Morgan fingerprint density at radius 3 is 2.05 bits per heavy atom. The van der Waals surface area contributed by atoms with E-state index in [1.54, 1.807) is 11.8 Å². The van der Waals surface area contributed by atoms with Crippen molar-refractivity contribution >= 4 is 34.4 Å². The number of nitrogens with zero attached hydrogens (tertiary/aromatic N) is 3. The van der Waals surface area contributed by atoms with Gasteiger partial charge in [-0.25, -0.2) is 5.01 Å². The molecule has 0 radical (unpaired) electrons. The van der Waals surface area contributed by atoms with Gasteiger partial charge in [0.25, 0.3) is 0 Å². The van der Waals surface area contributed by atoms with Crippen LogP contribution in [0.1, 0.15) is 0 Å². The second-order valence-electron chi connectivity index (χ2n) is 4.30. The van der Waals surface area contributed by atoms with Crippen molar-refractivity contribution < 1.29 is 0 Å². The Bertz CT molecular complexity index is 569. The standard InChI is InChI=1S/C16H15N3S/c1-3-7-14(8-4-1)19(15-9-5-2-6-10-15)18-13-16-17-11-12-20-16/h1-10,13H,11-12H2/b18-13+. The van der Waals surface area contributed by atoms with Gasteiger partial charge in [0.2, 0.25) is 0 Å². The Labute approximate surface area is 123 Å². The molecule has 2 aromatic rings. The van der Waals surface area contributed by atoms with Crippen molar-refractivity contribution in [2.75, 3.05) is 17.3 Å². The highest BCUT2D eigenvalue weighted by Gasteiger charge is 2.08. The topological polar surface area (TPSA) is 28.0 Å². The van der Waals surface area contributed by atoms with Gasteiger partial charge in [-0.15, -0.1) is 11.8 Å². The van der Waals surface area contributed by atoms with Crippen LogP contribution in [0.5, 0.6) is 0 Å². The minimum Gasteiger partial charge on any atom is -0.276 e. The van der Waals surface area contributed by atoms with Crippen molar-refractivity contribution in [3.8, 4) is 0 Å². The predicted molar refractivity (Wildman–Crippen MR) is 88.3 cm³/mol. The van der Waals surface area contributed by atoms with E-state index in [9.17, 15) is 0 Å². The molecule has 0 N–H and O–H groups in total. The van der Waals surface area contributed by atoms with Gasteiger partial charge in [-0.05, 0) is 24.3 Å². The summed E-state index contributed by atoms with van der Waals surface area (Å²) in [6.07, 6.45) is 1.84. The lowest BCUT2D eigenvalue weighted by molar-refractivity contribution is 1.09. The van der Waals surface area contributed by atoms with Crippen LogP contribution in [-0.2, 0) is 0 Å². The highest BCUT2D eigenvalue weighted by Crippen LogP contribution is 2.25. The lowest BCUT2D eigenvalue weighted by Gasteiger charge is -2.18. The van der Waals surface area contributed by atoms with Gasteiger partial charge < -0.3 is 0 Å². The normalized spacial score (nSPS) is 14.5. The van der Waals surface area contributed by atoms with Crippen LogP contribution >= 0.6 is 11.8 Å². The Balaban J connectivity index is 1.91. The van der Waals surface area contributed by atoms with Crippen molar-refractivity contribution in [2.24, 2.45) is 10.1 Å². The molecular formula is C16H15N3S. The quantitative estimate of drug-likeness (QED) is 0.627. The van der Waals surface area contributed by atoms with E-state index in [-0.39, 0.29) is 0 Å². The third-order valence-electron chi connectivity index (χ3n) is 2.89. The molecule has 4 heteroatoms. The first-order valence-corrected chi connectivity index (χ1v) is 7.53. The molecule has 0 saturated heterocycles. The summed E-state index contributed by atoms with van der Waals surface area (Å²) in [6, 6.07) is 20.3. The Morgan fingerprint density at radius 2 is 1.55 bits per heavy atom. The number of rotatable bonds is 4. The van der Waals surface area contributed by atoms with Gasteiger partial charge in [0, 0.05) is 12.3 Å². The third kappa shape index (κ3) is 3.08. The summed E-state index contributed by atoms with van der Waals surface area (Å²) in [4.78, 5) is 4.40.